The van der Waals surface area contributed by atoms with Crippen LogP contribution in [0.3, 0.4) is 0 Å². The zero-order valence-corrected chi connectivity index (χ0v) is 10.2. The molecule has 0 radical (unpaired) electrons. The van der Waals surface area contributed by atoms with E-state index in [1.807, 2.05) is 0 Å². The molecule has 3 nitrogen and oxygen atoms in total. The molecule has 0 aromatic carbocycles. The Morgan fingerprint density at radius 1 is 1.25 bits per heavy atom. The van der Waals surface area contributed by atoms with Gasteiger partial charge in [-0.25, -0.2) is 0 Å². The zero-order chi connectivity index (χ0) is 8.72. The van der Waals surface area contributed by atoms with Crippen LogP contribution in [0.1, 0.15) is 12.8 Å². The third-order valence-electron chi connectivity index (χ3n) is 2.47. The quantitative estimate of drug-likeness (QED) is 0.633. The molecule has 66 valence electrons. The Hall–Kier alpha value is -0.142. The van der Waals surface area contributed by atoms with E-state index in [2.05, 4.69) is 28.5 Å². The summed E-state index contributed by atoms with van der Waals surface area (Å²) in [6.45, 7) is 6.38. The molecule has 0 spiro atoms. The second-order valence-electron chi connectivity index (χ2n) is 3.21. The zero-order valence-electron chi connectivity index (χ0n) is 7.29. The van der Waals surface area contributed by atoms with Crippen molar-refractivity contribution in [1.82, 2.24) is 14.9 Å². The first-order chi connectivity index (χ1) is 5.72. The van der Waals surface area contributed by atoms with Gasteiger partial charge in [-0.2, -0.15) is 0 Å². The van der Waals surface area contributed by atoms with Gasteiger partial charge in [0.1, 0.15) is 0 Å². The summed E-state index contributed by atoms with van der Waals surface area (Å²) < 4.78 is 1.39. The minimum atomic E-state index is 1.14. The van der Waals surface area contributed by atoms with Crippen LogP contribution in [0.2, 0.25) is 0 Å². The van der Waals surface area contributed by atoms with Crippen molar-refractivity contribution >= 4 is 4.15 Å². The SMILES string of the molecule is C=C1N(C)[C](=[W])N2CCCCN12. The summed E-state index contributed by atoms with van der Waals surface area (Å²) in [6.07, 6.45) is 2.61. The number of hydrazine groups is 1. The fraction of sp³-hybridized carbons (Fsp3) is 0.625. The van der Waals surface area contributed by atoms with Crippen molar-refractivity contribution in [2.75, 3.05) is 20.1 Å². The van der Waals surface area contributed by atoms with Gasteiger partial charge in [0.2, 0.25) is 0 Å². The molecule has 2 rings (SSSR count). The van der Waals surface area contributed by atoms with Gasteiger partial charge < -0.3 is 0 Å². The molecule has 0 N–H and O–H groups in total. The molecule has 0 saturated carbocycles. The normalized spacial score (nSPS) is 25.1. The van der Waals surface area contributed by atoms with Crippen LogP contribution in [-0.2, 0) is 19.4 Å². The van der Waals surface area contributed by atoms with E-state index in [4.69, 9.17) is 0 Å². The van der Waals surface area contributed by atoms with Crippen molar-refractivity contribution < 1.29 is 19.4 Å². The van der Waals surface area contributed by atoms with Gasteiger partial charge in [-0.1, -0.05) is 0 Å². The van der Waals surface area contributed by atoms with Gasteiger partial charge in [0.05, 0.1) is 0 Å². The topological polar surface area (TPSA) is 9.72 Å². The molecule has 2 fully saturated rings. The first kappa shape index (κ1) is 8.46. The van der Waals surface area contributed by atoms with E-state index in [-0.39, 0.29) is 0 Å². The molecule has 0 unspecified atom stereocenters. The molecule has 0 atom stereocenters. The van der Waals surface area contributed by atoms with Gasteiger partial charge in [-0.15, -0.1) is 0 Å². The third kappa shape index (κ3) is 1.07. The van der Waals surface area contributed by atoms with E-state index < -0.39 is 0 Å². The van der Waals surface area contributed by atoms with Crippen LogP contribution in [-0.4, -0.2) is 39.2 Å². The maximum atomic E-state index is 4.07. The summed E-state index contributed by atoms with van der Waals surface area (Å²) in [7, 11) is 2.10. The van der Waals surface area contributed by atoms with Gasteiger partial charge in [0.25, 0.3) is 0 Å². The number of hydrogen-bond acceptors (Lipinski definition) is 3. The number of hydrogen-bond donors (Lipinski definition) is 0. The molecular weight excluding hydrogens is 322 g/mol. The average molecular weight is 335 g/mol. The van der Waals surface area contributed by atoms with Crippen molar-refractivity contribution in [1.29, 1.82) is 0 Å². The van der Waals surface area contributed by atoms with Crippen LogP contribution in [0.4, 0.5) is 0 Å². The summed E-state index contributed by atoms with van der Waals surface area (Å²) >= 11 is 1.53. The average Bonchev–Trinajstić information content (AvgIpc) is 2.33. The Labute approximate surface area is 84.0 Å². The van der Waals surface area contributed by atoms with Crippen molar-refractivity contribution in [2.45, 2.75) is 12.8 Å². The Morgan fingerprint density at radius 3 is 2.42 bits per heavy atom. The molecular formula is C8H13N3W. The maximum absolute atomic E-state index is 4.07. The molecule has 0 aromatic heterocycles. The number of rotatable bonds is 0. The molecule has 0 bridgehead atoms. The standard InChI is InChI=1S/C8H13N3.W/c1-8-9(2)7-10-5-3-4-6-11(8)10;/h1,3-6H2,2H3;. The Morgan fingerprint density at radius 2 is 1.83 bits per heavy atom. The van der Waals surface area contributed by atoms with Crippen molar-refractivity contribution in [3.8, 4) is 0 Å². The first-order valence-corrected chi connectivity index (χ1v) is 5.70. The van der Waals surface area contributed by atoms with E-state index in [1.54, 1.807) is 0 Å². The molecule has 2 aliphatic rings. The summed E-state index contributed by atoms with van der Waals surface area (Å²) in [5.74, 6) is 1.14. The number of fused-ring (bicyclic) bond motifs is 1. The van der Waals surface area contributed by atoms with Gasteiger partial charge in [-0.05, 0) is 0 Å². The summed E-state index contributed by atoms with van der Waals surface area (Å²) in [5, 5.41) is 4.66. The third-order valence-corrected chi connectivity index (χ3v) is 4.22. The van der Waals surface area contributed by atoms with Crippen LogP contribution in [0.15, 0.2) is 12.4 Å². The fourth-order valence-electron chi connectivity index (χ4n) is 1.69. The van der Waals surface area contributed by atoms with E-state index >= 15 is 0 Å². The second-order valence-corrected chi connectivity index (χ2v) is 4.52. The van der Waals surface area contributed by atoms with Crippen LogP contribution in [0.25, 0.3) is 0 Å². The van der Waals surface area contributed by atoms with Gasteiger partial charge in [0.15, 0.2) is 0 Å². The molecule has 12 heavy (non-hydrogen) atoms. The van der Waals surface area contributed by atoms with Gasteiger partial charge >= 0.3 is 83.8 Å². The monoisotopic (exact) mass is 335 g/mol. The summed E-state index contributed by atoms with van der Waals surface area (Å²) in [5.41, 5.74) is 0. The fourth-order valence-corrected chi connectivity index (χ4v) is 2.75. The van der Waals surface area contributed by atoms with Crippen LogP contribution >= 0.6 is 0 Å². The van der Waals surface area contributed by atoms with Crippen LogP contribution in [0.5, 0.6) is 0 Å². The molecule has 2 saturated heterocycles. The molecule has 0 aromatic rings. The predicted octanol–water partition coefficient (Wildman–Crippen LogP) is 0.350. The van der Waals surface area contributed by atoms with Crippen LogP contribution < -0.4 is 0 Å². The van der Waals surface area contributed by atoms with E-state index in [9.17, 15) is 0 Å². The Bertz CT molecular complexity index is 214. The van der Waals surface area contributed by atoms with Gasteiger partial charge in [0, 0.05) is 0 Å². The van der Waals surface area contributed by atoms with E-state index in [0.29, 0.717) is 0 Å². The van der Waals surface area contributed by atoms with E-state index in [0.717, 1.165) is 12.4 Å². The van der Waals surface area contributed by atoms with Crippen LogP contribution in [0, 0.1) is 0 Å². The van der Waals surface area contributed by atoms with Gasteiger partial charge in [-0.3, -0.25) is 0 Å². The van der Waals surface area contributed by atoms with E-state index in [1.165, 1.54) is 42.9 Å². The first-order valence-electron chi connectivity index (χ1n) is 4.23. The molecule has 4 heteroatoms. The van der Waals surface area contributed by atoms with Crippen molar-refractivity contribution in [3.63, 3.8) is 0 Å². The summed E-state index contributed by atoms with van der Waals surface area (Å²) in [6, 6.07) is 0. The minimum absolute atomic E-state index is 1.14. The number of nitrogens with zero attached hydrogens (tertiary/aromatic N) is 3. The Balaban J connectivity index is 2.25. The molecule has 0 aliphatic carbocycles. The molecule has 2 aliphatic heterocycles. The van der Waals surface area contributed by atoms with Crippen molar-refractivity contribution in [2.24, 2.45) is 0 Å². The Kier molecular flexibility index (Phi) is 2.09. The summed E-state index contributed by atoms with van der Waals surface area (Å²) in [4.78, 5) is 2.20. The predicted molar refractivity (Wildman–Crippen MR) is 44.6 cm³/mol. The molecule has 2 heterocycles. The molecule has 0 amide bonds. The van der Waals surface area contributed by atoms with Crippen molar-refractivity contribution in [3.05, 3.63) is 12.4 Å². The second kappa shape index (κ2) is 2.97.